The van der Waals surface area contributed by atoms with Crippen LogP contribution in [0.15, 0.2) is 42.6 Å². The molecule has 0 amide bonds. The fraction of sp³-hybridized carbons (Fsp3) is 0.188. The topological polar surface area (TPSA) is 65.5 Å². The molecule has 114 valence electrons. The number of benzene rings is 1. The Morgan fingerprint density at radius 2 is 1.86 bits per heavy atom. The SMILES string of the molecule is COC(=O)C(C)c1ccc(Oc2ncccc2C(=O)Cl)cc1. The Labute approximate surface area is 132 Å². The molecule has 0 fully saturated rings. The maximum absolute atomic E-state index is 11.5. The van der Waals surface area contributed by atoms with Crippen LogP contribution in [-0.2, 0) is 9.53 Å². The van der Waals surface area contributed by atoms with Crippen molar-refractivity contribution in [1.82, 2.24) is 4.98 Å². The van der Waals surface area contributed by atoms with E-state index in [1.165, 1.54) is 19.4 Å². The van der Waals surface area contributed by atoms with Gasteiger partial charge in [-0.1, -0.05) is 12.1 Å². The Morgan fingerprint density at radius 1 is 1.18 bits per heavy atom. The fourth-order valence-electron chi connectivity index (χ4n) is 1.87. The van der Waals surface area contributed by atoms with E-state index in [2.05, 4.69) is 4.98 Å². The Kier molecular flexibility index (Phi) is 5.12. The van der Waals surface area contributed by atoms with Gasteiger partial charge in [-0.2, -0.15) is 0 Å². The van der Waals surface area contributed by atoms with Gasteiger partial charge in [-0.3, -0.25) is 9.59 Å². The molecule has 6 heteroatoms. The monoisotopic (exact) mass is 319 g/mol. The molecular weight excluding hydrogens is 306 g/mol. The highest BCUT2D eigenvalue weighted by molar-refractivity contribution is 6.68. The summed E-state index contributed by atoms with van der Waals surface area (Å²) in [5.74, 6) is -0.0581. The third-order valence-corrected chi connectivity index (χ3v) is 3.34. The molecule has 2 aromatic rings. The van der Waals surface area contributed by atoms with Crippen molar-refractivity contribution in [2.75, 3.05) is 7.11 Å². The molecule has 1 aromatic carbocycles. The molecule has 0 spiro atoms. The molecular formula is C16H14ClNO4. The number of pyridine rings is 1. The lowest BCUT2D eigenvalue weighted by Crippen LogP contribution is -2.10. The van der Waals surface area contributed by atoms with E-state index in [1.807, 2.05) is 0 Å². The highest BCUT2D eigenvalue weighted by Crippen LogP contribution is 2.26. The van der Waals surface area contributed by atoms with Crippen LogP contribution in [0.1, 0.15) is 28.8 Å². The van der Waals surface area contributed by atoms with Crippen molar-refractivity contribution >= 4 is 22.8 Å². The van der Waals surface area contributed by atoms with Crippen LogP contribution < -0.4 is 4.74 Å². The molecule has 0 radical (unpaired) electrons. The van der Waals surface area contributed by atoms with Crippen molar-refractivity contribution in [1.29, 1.82) is 0 Å². The van der Waals surface area contributed by atoms with Crippen molar-refractivity contribution in [2.45, 2.75) is 12.8 Å². The molecule has 0 saturated heterocycles. The van der Waals surface area contributed by atoms with Crippen LogP contribution in [0.5, 0.6) is 11.6 Å². The van der Waals surface area contributed by atoms with Crippen LogP contribution in [0.2, 0.25) is 0 Å². The average Bonchev–Trinajstić information content (AvgIpc) is 2.54. The zero-order valence-corrected chi connectivity index (χ0v) is 12.8. The summed E-state index contributed by atoms with van der Waals surface area (Å²) >= 11 is 5.48. The third-order valence-electron chi connectivity index (χ3n) is 3.13. The van der Waals surface area contributed by atoms with Crippen LogP contribution >= 0.6 is 11.6 Å². The number of hydrogen-bond donors (Lipinski definition) is 0. The lowest BCUT2D eigenvalue weighted by atomic mass is 10.0. The summed E-state index contributed by atoms with van der Waals surface area (Å²) in [6.07, 6.45) is 1.51. The van der Waals surface area contributed by atoms with Gasteiger partial charge in [0.1, 0.15) is 5.75 Å². The van der Waals surface area contributed by atoms with Gasteiger partial charge in [0.05, 0.1) is 18.6 Å². The molecule has 0 bridgehead atoms. The molecule has 5 nitrogen and oxygen atoms in total. The zero-order chi connectivity index (χ0) is 16.1. The number of carbonyl (C=O) groups is 2. The van der Waals surface area contributed by atoms with Crippen molar-refractivity contribution < 1.29 is 19.1 Å². The maximum Gasteiger partial charge on any atom is 0.312 e. The third kappa shape index (κ3) is 3.62. The quantitative estimate of drug-likeness (QED) is 0.623. The second-order valence-electron chi connectivity index (χ2n) is 4.55. The highest BCUT2D eigenvalue weighted by atomic mass is 35.5. The van der Waals surface area contributed by atoms with Crippen molar-refractivity contribution in [3.8, 4) is 11.6 Å². The van der Waals surface area contributed by atoms with Crippen LogP contribution in [-0.4, -0.2) is 23.3 Å². The van der Waals surface area contributed by atoms with E-state index >= 15 is 0 Å². The number of ether oxygens (including phenoxy) is 2. The standard InChI is InChI=1S/C16H14ClNO4/c1-10(16(20)21-2)11-5-7-12(8-6-11)22-15-13(14(17)19)4-3-9-18-15/h3-10H,1-2H3. The van der Waals surface area contributed by atoms with E-state index in [4.69, 9.17) is 21.1 Å². The van der Waals surface area contributed by atoms with Gasteiger partial charge >= 0.3 is 5.97 Å². The first kappa shape index (κ1) is 16.0. The number of rotatable bonds is 5. The molecule has 1 aromatic heterocycles. The van der Waals surface area contributed by atoms with E-state index in [0.29, 0.717) is 5.75 Å². The van der Waals surface area contributed by atoms with Crippen LogP contribution in [0, 0.1) is 0 Å². The van der Waals surface area contributed by atoms with E-state index in [9.17, 15) is 9.59 Å². The van der Waals surface area contributed by atoms with Crippen LogP contribution in [0.3, 0.4) is 0 Å². The Hall–Kier alpha value is -2.40. The van der Waals surface area contributed by atoms with Crippen LogP contribution in [0.4, 0.5) is 0 Å². The number of hydrogen-bond acceptors (Lipinski definition) is 5. The first-order valence-electron chi connectivity index (χ1n) is 6.53. The number of nitrogens with zero attached hydrogens (tertiary/aromatic N) is 1. The number of esters is 1. The normalized spacial score (nSPS) is 11.6. The Balaban J connectivity index is 2.19. The number of methoxy groups -OCH3 is 1. The molecule has 1 heterocycles. The summed E-state index contributed by atoms with van der Waals surface area (Å²) in [4.78, 5) is 26.8. The van der Waals surface area contributed by atoms with Gasteiger partial charge < -0.3 is 9.47 Å². The van der Waals surface area contributed by atoms with Gasteiger partial charge in [-0.25, -0.2) is 4.98 Å². The molecule has 0 N–H and O–H groups in total. The minimum atomic E-state index is -0.640. The summed E-state index contributed by atoms with van der Waals surface area (Å²) in [6.45, 7) is 1.75. The van der Waals surface area contributed by atoms with Gasteiger partial charge in [-0.05, 0) is 48.4 Å². The minimum absolute atomic E-state index is 0.135. The summed E-state index contributed by atoms with van der Waals surface area (Å²) in [7, 11) is 1.35. The lowest BCUT2D eigenvalue weighted by molar-refractivity contribution is -0.141. The summed E-state index contributed by atoms with van der Waals surface area (Å²) < 4.78 is 10.3. The largest absolute Gasteiger partial charge is 0.469 e. The predicted octanol–water partition coefficient (Wildman–Crippen LogP) is 3.53. The van der Waals surface area contributed by atoms with Gasteiger partial charge in [0.25, 0.3) is 5.24 Å². The van der Waals surface area contributed by atoms with Gasteiger partial charge in [0.2, 0.25) is 5.88 Å². The Morgan fingerprint density at radius 3 is 2.45 bits per heavy atom. The van der Waals surface area contributed by atoms with Crippen molar-refractivity contribution in [3.05, 3.63) is 53.7 Å². The number of carbonyl (C=O) groups excluding carboxylic acids is 2. The molecule has 22 heavy (non-hydrogen) atoms. The van der Waals surface area contributed by atoms with Crippen LogP contribution in [0.25, 0.3) is 0 Å². The fourth-order valence-corrected chi connectivity index (χ4v) is 2.01. The molecule has 1 atom stereocenters. The van der Waals surface area contributed by atoms with E-state index < -0.39 is 5.24 Å². The Bertz CT molecular complexity index is 685. The summed E-state index contributed by atoms with van der Waals surface area (Å²) in [5, 5.41) is -0.640. The lowest BCUT2D eigenvalue weighted by Gasteiger charge is -2.11. The smallest absolute Gasteiger partial charge is 0.312 e. The predicted molar refractivity (Wildman–Crippen MR) is 81.4 cm³/mol. The van der Waals surface area contributed by atoms with Crippen molar-refractivity contribution in [2.24, 2.45) is 0 Å². The minimum Gasteiger partial charge on any atom is -0.469 e. The second-order valence-corrected chi connectivity index (χ2v) is 4.89. The first-order valence-corrected chi connectivity index (χ1v) is 6.91. The molecule has 1 unspecified atom stereocenters. The summed E-state index contributed by atoms with van der Waals surface area (Å²) in [5.41, 5.74) is 0.991. The van der Waals surface area contributed by atoms with E-state index in [0.717, 1.165) is 5.56 Å². The van der Waals surface area contributed by atoms with Gasteiger partial charge in [-0.15, -0.1) is 0 Å². The molecule has 0 aliphatic heterocycles. The highest BCUT2D eigenvalue weighted by Gasteiger charge is 2.16. The van der Waals surface area contributed by atoms with Gasteiger partial charge in [0.15, 0.2) is 0 Å². The van der Waals surface area contributed by atoms with E-state index in [1.54, 1.807) is 37.3 Å². The number of halogens is 1. The number of aromatic nitrogens is 1. The second kappa shape index (κ2) is 7.04. The average molecular weight is 320 g/mol. The molecule has 0 aliphatic carbocycles. The molecule has 2 rings (SSSR count). The first-order chi connectivity index (χ1) is 10.5. The van der Waals surface area contributed by atoms with Crippen molar-refractivity contribution in [3.63, 3.8) is 0 Å². The van der Waals surface area contributed by atoms with E-state index in [-0.39, 0.29) is 23.3 Å². The molecule has 0 aliphatic rings. The van der Waals surface area contributed by atoms with Gasteiger partial charge in [0, 0.05) is 6.20 Å². The maximum atomic E-state index is 11.5. The molecule has 0 saturated carbocycles. The zero-order valence-electron chi connectivity index (χ0n) is 12.1. The summed E-state index contributed by atoms with van der Waals surface area (Å²) in [6, 6.07) is 10.0.